The summed E-state index contributed by atoms with van der Waals surface area (Å²) in [5.74, 6) is -0.145. The third-order valence-electron chi connectivity index (χ3n) is 3.55. The van der Waals surface area contributed by atoms with Gasteiger partial charge in [0.15, 0.2) is 0 Å². The van der Waals surface area contributed by atoms with E-state index >= 15 is 0 Å². The first-order chi connectivity index (χ1) is 10.5. The molecule has 0 radical (unpaired) electrons. The second kappa shape index (κ2) is 5.81. The van der Waals surface area contributed by atoms with E-state index in [0.717, 1.165) is 5.56 Å². The molecule has 1 N–H and O–H groups in total. The summed E-state index contributed by atoms with van der Waals surface area (Å²) in [6.45, 7) is 4.34. The molecule has 5 heteroatoms. The van der Waals surface area contributed by atoms with Crippen molar-refractivity contribution in [3.8, 4) is 0 Å². The van der Waals surface area contributed by atoms with Crippen molar-refractivity contribution in [2.75, 3.05) is 0 Å². The number of aryl methyl sites for hydroxylation is 2. The first-order valence-corrected chi connectivity index (χ1v) is 7.40. The first-order valence-electron chi connectivity index (χ1n) is 7.02. The average Bonchev–Trinajstić information content (AvgIpc) is 2.81. The zero-order chi connectivity index (χ0) is 15.7. The normalized spacial score (nSPS) is 10.9. The van der Waals surface area contributed by atoms with E-state index in [0.29, 0.717) is 28.6 Å². The number of carbonyl (C=O) groups excluding carboxylic acids is 1. The van der Waals surface area contributed by atoms with Crippen LogP contribution in [-0.2, 0) is 6.54 Å². The van der Waals surface area contributed by atoms with E-state index in [-0.39, 0.29) is 5.91 Å². The Kier molecular flexibility index (Phi) is 3.86. The SMILES string of the molecule is Cc1ccc(CNC(=O)c2c(C)nc3cc(Cl)ccn23)cc1. The summed E-state index contributed by atoms with van der Waals surface area (Å²) in [5, 5.41) is 3.54. The molecule has 3 aromatic rings. The van der Waals surface area contributed by atoms with Crippen LogP contribution in [0.15, 0.2) is 42.6 Å². The molecule has 0 aliphatic carbocycles. The zero-order valence-corrected chi connectivity index (χ0v) is 13.2. The average molecular weight is 314 g/mol. The van der Waals surface area contributed by atoms with Gasteiger partial charge in [-0.15, -0.1) is 0 Å². The predicted molar refractivity (Wildman–Crippen MR) is 87.3 cm³/mol. The van der Waals surface area contributed by atoms with Crippen molar-refractivity contribution in [2.45, 2.75) is 20.4 Å². The molecule has 0 unspecified atom stereocenters. The molecule has 2 aromatic heterocycles. The van der Waals surface area contributed by atoms with Crippen LogP contribution < -0.4 is 5.32 Å². The second-order valence-electron chi connectivity index (χ2n) is 5.29. The standard InChI is InChI=1S/C17H16ClN3O/c1-11-3-5-13(6-4-11)10-19-17(22)16-12(2)20-15-9-14(18)7-8-21(15)16/h3-9H,10H2,1-2H3,(H,19,22). The Labute approximate surface area is 133 Å². The molecular formula is C17H16ClN3O. The van der Waals surface area contributed by atoms with E-state index in [1.54, 1.807) is 22.7 Å². The van der Waals surface area contributed by atoms with Crippen molar-refractivity contribution >= 4 is 23.2 Å². The molecule has 0 spiro atoms. The molecule has 4 nitrogen and oxygen atoms in total. The largest absolute Gasteiger partial charge is 0.347 e. The van der Waals surface area contributed by atoms with Gasteiger partial charge in [0.25, 0.3) is 5.91 Å². The molecule has 3 rings (SSSR count). The van der Waals surface area contributed by atoms with Crippen LogP contribution >= 0.6 is 11.6 Å². The fraction of sp³-hybridized carbons (Fsp3) is 0.176. The number of carbonyl (C=O) groups is 1. The lowest BCUT2D eigenvalue weighted by atomic mass is 10.1. The number of nitrogens with zero attached hydrogens (tertiary/aromatic N) is 2. The Hall–Kier alpha value is -2.33. The maximum Gasteiger partial charge on any atom is 0.270 e. The second-order valence-corrected chi connectivity index (χ2v) is 5.72. The number of imidazole rings is 1. The fourth-order valence-corrected chi connectivity index (χ4v) is 2.54. The fourth-order valence-electron chi connectivity index (χ4n) is 2.38. The van der Waals surface area contributed by atoms with Crippen LogP contribution in [0.4, 0.5) is 0 Å². The lowest BCUT2D eigenvalue weighted by molar-refractivity contribution is 0.0944. The molecule has 0 atom stereocenters. The highest BCUT2D eigenvalue weighted by molar-refractivity contribution is 6.30. The van der Waals surface area contributed by atoms with Crippen molar-refractivity contribution in [1.29, 1.82) is 0 Å². The number of halogens is 1. The molecule has 0 saturated carbocycles. The van der Waals surface area contributed by atoms with E-state index in [9.17, 15) is 4.79 Å². The molecule has 0 fully saturated rings. The summed E-state index contributed by atoms with van der Waals surface area (Å²) in [7, 11) is 0. The van der Waals surface area contributed by atoms with Crippen molar-refractivity contribution in [1.82, 2.24) is 14.7 Å². The highest BCUT2D eigenvalue weighted by Crippen LogP contribution is 2.16. The first kappa shape index (κ1) is 14.6. The third-order valence-corrected chi connectivity index (χ3v) is 3.79. The van der Waals surface area contributed by atoms with Crippen molar-refractivity contribution in [3.63, 3.8) is 0 Å². The van der Waals surface area contributed by atoms with Crippen molar-refractivity contribution in [3.05, 3.63) is 70.1 Å². The van der Waals surface area contributed by atoms with Crippen LogP contribution in [0.5, 0.6) is 0 Å². The molecule has 0 aliphatic heterocycles. The number of nitrogens with one attached hydrogen (secondary N) is 1. The summed E-state index contributed by atoms with van der Waals surface area (Å²) in [4.78, 5) is 16.8. The number of pyridine rings is 1. The summed E-state index contributed by atoms with van der Waals surface area (Å²) < 4.78 is 1.76. The van der Waals surface area contributed by atoms with Crippen LogP contribution in [0.2, 0.25) is 5.02 Å². The minimum atomic E-state index is -0.145. The predicted octanol–water partition coefficient (Wildman–Crippen LogP) is 3.53. The van der Waals surface area contributed by atoms with Crippen LogP contribution in [-0.4, -0.2) is 15.3 Å². The van der Waals surface area contributed by atoms with Crippen LogP contribution in [0.25, 0.3) is 5.65 Å². The molecule has 2 heterocycles. The molecule has 0 bridgehead atoms. The summed E-state index contributed by atoms with van der Waals surface area (Å²) in [6, 6.07) is 11.6. The van der Waals surface area contributed by atoms with Gasteiger partial charge < -0.3 is 5.32 Å². The third kappa shape index (κ3) is 2.83. The zero-order valence-electron chi connectivity index (χ0n) is 12.4. The molecule has 112 valence electrons. The highest BCUT2D eigenvalue weighted by atomic mass is 35.5. The van der Waals surface area contributed by atoms with Gasteiger partial charge in [-0.2, -0.15) is 0 Å². The summed E-state index contributed by atoms with van der Waals surface area (Å²) in [6.07, 6.45) is 1.76. The summed E-state index contributed by atoms with van der Waals surface area (Å²) >= 11 is 5.96. The number of benzene rings is 1. The van der Waals surface area contributed by atoms with Gasteiger partial charge in [0.1, 0.15) is 11.3 Å². The minimum Gasteiger partial charge on any atom is -0.347 e. The molecular weight excluding hydrogens is 298 g/mol. The lowest BCUT2D eigenvalue weighted by Crippen LogP contribution is -2.24. The quantitative estimate of drug-likeness (QED) is 0.804. The van der Waals surface area contributed by atoms with E-state index in [1.165, 1.54) is 5.56 Å². The van der Waals surface area contributed by atoms with Gasteiger partial charge in [0, 0.05) is 23.8 Å². The Balaban J connectivity index is 1.83. The van der Waals surface area contributed by atoms with E-state index in [1.807, 2.05) is 38.1 Å². The minimum absolute atomic E-state index is 0.145. The lowest BCUT2D eigenvalue weighted by Gasteiger charge is -2.06. The van der Waals surface area contributed by atoms with Gasteiger partial charge in [-0.05, 0) is 25.5 Å². The molecule has 1 aromatic carbocycles. The Morgan fingerprint density at radius 2 is 1.95 bits per heavy atom. The van der Waals surface area contributed by atoms with Crippen molar-refractivity contribution in [2.24, 2.45) is 0 Å². The molecule has 0 saturated heterocycles. The summed E-state index contributed by atoms with van der Waals surface area (Å²) in [5.41, 5.74) is 4.16. The van der Waals surface area contributed by atoms with Gasteiger partial charge in [-0.3, -0.25) is 9.20 Å². The highest BCUT2D eigenvalue weighted by Gasteiger charge is 2.16. The smallest absolute Gasteiger partial charge is 0.270 e. The molecule has 22 heavy (non-hydrogen) atoms. The van der Waals surface area contributed by atoms with E-state index in [4.69, 9.17) is 11.6 Å². The molecule has 1 amide bonds. The van der Waals surface area contributed by atoms with Gasteiger partial charge in [-0.1, -0.05) is 41.4 Å². The van der Waals surface area contributed by atoms with Crippen LogP contribution in [0.3, 0.4) is 0 Å². The molecule has 0 aliphatic rings. The number of amides is 1. The van der Waals surface area contributed by atoms with Crippen LogP contribution in [0.1, 0.15) is 27.3 Å². The number of hydrogen-bond acceptors (Lipinski definition) is 2. The Morgan fingerprint density at radius 1 is 1.23 bits per heavy atom. The number of fused-ring (bicyclic) bond motifs is 1. The topological polar surface area (TPSA) is 46.4 Å². The van der Waals surface area contributed by atoms with Gasteiger partial charge in [0.2, 0.25) is 0 Å². The number of hydrogen-bond donors (Lipinski definition) is 1. The van der Waals surface area contributed by atoms with Gasteiger partial charge >= 0.3 is 0 Å². The van der Waals surface area contributed by atoms with E-state index < -0.39 is 0 Å². The van der Waals surface area contributed by atoms with Gasteiger partial charge in [-0.25, -0.2) is 4.98 Å². The van der Waals surface area contributed by atoms with Crippen LogP contribution in [0, 0.1) is 13.8 Å². The maximum atomic E-state index is 12.5. The van der Waals surface area contributed by atoms with Gasteiger partial charge in [0.05, 0.1) is 5.69 Å². The number of rotatable bonds is 3. The van der Waals surface area contributed by atoms with Crippen molar-refractivity contribution < 1.29 is 4.79 Å². The van der Waals surface area contributed by atoms with E-state index in [2.05, 4.69) is 10.3 Å². The Morgan fingerprint density at radius 3 is 2.68 bits per heavy atom. The number of aromatic nitrogens is 2. The monoisotopic (exact) mass is 313 g/mol. The Bertz CT molecular complexity index is 837. The maximum absolute atomic E-state index is 12.5.